The maximum Gasteiger partial charge on any atom is 0.404 e. The van der Waals surface area contributed by atoms with E-state index in [1.165, 1.54) is 0 Å². The molecule has 0 aromatic rings. The first kappa shape index (κ1) is 26.6. The molecule has 2 unspecified atom stereocenters. The second-order valence-electron chi connectivity index (χ2n) is 11.8. The minimum atomic E-state index is -2.10. The van der Waals surface area contributed by atoms with Crippen molar-refractivity contribution in [1.29, 1.82) is 0 Å². The fourth-order valence-corrected chi connectivity index (χ4v) is 5.07. The Morgan fingerprint density at radius 2 is 1.22 bits per heavy atom. The normalized spacial score (nSPS) is 16.8. The van der Waals surface area contributed by atoms with Crippen molar-refractivity contribution < 1.29 is 18.8 Å². The highest BCUT2D eigenvalue weighted by molar-refractivity contribution is 6.74. The number of carbonyl (C=O) groups is 1. The van der Waals surface area contributed by atoms with Gasteiger partial charge in [0.15, 0.2) is 16.6 Å². The molecule has 7 heteroatoms. The molecule has 2 atom stereocenters. The smallest absolute Gasteiger partial charge is 0.404 e. The number of hydrogen-bond donors (Lipinski definition) is 2. The molecule has 0 saturated carbocycles. The molecule has 5 nitrogen and oxygen atoms in total. The van der Waals surface area contributed by atoms with Crippen LogP contribution in [0.2, 0.25) is 36.3 Å². The molecule has 0 radical (unpaired) electrons. The summed E-state index contributed by atoms with van der Waals surface area (Å²) in [6.45, 7) is 28.8. The van der Waals surface area contributed by atoms with Crippen LogP contribution in [0, 0.1) is 5.41 Å². The van der Waals surface area contributed by atoms with E-state index in [2.05, 4.69) is 93.8 Å². The fourth-order valence-electron chi connectivity index (χ4n) is 2.26. The summed E-state index contributed by atoms with van der Waals surface area (Å²) in [4.78, 5) is 11.2. The number of rotatable bonds is 7. The maximum atomic E-state index is 11.2. The Labute approximate surface area is 169 Å². The number of amides is 1. The van der Waals surface area contributed by atoms with Gasteiger partial charge < -0.3 is 19.3 Å². The predicted octanol–water partition coefficient (Wildman–Crippen LogP) is 6.08. The van der Waals surface area contributed by atoms with Gasteiger partial charge in [0.05, 0.1) is 12.2 Å². The highest BCUT2D eigenvalue weighted by atomic mass is 28.4. The largest absolute Gasteiger partial charge is 0.465 e. The van der Waals surface area contributed by atoms with E-state index < -0.39 is 22.7 Å². The highest BCUT2D eigenvalue weighted by Crippen LogP contribution is 2.43. The van der Waals surface area contributed by atoms with Crippen LogP contribution in [0.25, 0.3) is 0 Å². The molecule has 0 aliphatic heterocycles. The van der Waals surface area contributed by atoms with Gasteiger partial charge in [0, 0.05) is 6.54 Å². The van der Waals surface area contributed by atoms with Gasteiger partial charge in [0.1, 0.15) is 0 Å². The average molecular weight is 420 g/mol. The first-order valence-electron chi connectivity index (χ1n) is 9.94. The summed E-state index contributed by atoms with van der Waals surface area (Å²) in [5.74, 6) is 0. The van der Waals surface area contributed by atoms with E-state index in [4.69, 9.17) is 8.85 Å². The molecule has 0 saturated heterocycles. The average Bonchev–Trinajstić information content (AvgIpc) is 2.37. The third-order valence-electron chi connectivity index (χ3n) is 6.13. The summed E-state index contributed by atoms with van der Waals surface area (Å²) < 4.78 is 13.5. The van der Waals surface area contributed by atoms with Crippen molar-refractivity contribution in [1.82, 2.24) is 5.32 Å². The van der Waals surface area contributed by atoms with E-state index in [1.54, 1.807) is 0 Å². The van der Waals surface area contributed by atoms with Gasteiger partial charge in [-0.05, 0) is 41.7 Å². The lowest BCUT2D eigenvalue weighted by atomic mass is 9.86. The minimum absolute atomic E-state index is 0.0356. The lowest BCUT2D eigenvalue weighted by Gasteiger charge is -2.48. The van der Waals surface area contributed by atoms with Crippen LogP contribution in [-0.4, -0.2) is 46.6 Å². The molecule has 0 heterocycles. The monoisotopic (exact) mass is 419 g/mol. The van der Waals surface area contributed by atoms with Crippen LogP contribution >= 0.6 is 0 Å². The topological polar surface area (TPSA) is 67.8 Å². The van der Waals surface area contributed by atoms with Crippen molar-refractivity contribution in [2.24, 2.45) is 5.41 Å². The zero-order chi connectivity index (χ0) is 22.1. The fraction of sp³-hybridized carbons (Fsp3) is 0.950. The molecule has 0 aromatic carbocycles. The van der Waals surface area contributed by atoms with E-state index in [-0.39, 0.29) is 34.2 Å². The first-order chi connectivity index (χ1) is 11.6. The molecule has 0 rings (SSSR count). The first-order valence-corrected chi connectivity index (χ1v) is 15.8. The Kier molecular flexibility index (Phi) is 8.43. The van der Waals surface area contributed by atoms with E-state index in [0.29, 0.717) is 0 Å². The van der Waals surface area contributed by atoms with Gasteiger partial charge >= 0.3 is 6.09 Å². The zero-order valence-electron chi connectivity index (χ0n) is 20.0. The number of hydrogen-bond acceptors (Lipinski definition) is 3. The second kappa shape index (κ2) is 8.55. The molecule has 0 aliphatic rings. The number of carboxylic acid groups (broad SMARTS) is 1. The Morgan fingerprint density at radius 3 is 1.52 bits per heavy atom. The third kappa shape index (κ3) is 7.87. The van der Waals surface area contributed by atoms with Gasteiger partial charge in [0.2, 0.25) is 0 Å². The van der Waals surface area contributed by atoms with Gasteiger partial charge in [-0.2, -0.15) is 0 Å². The third-order valence-corrected chi connectivity index (χ3v) is 15.1. The minimum Gasteiger partial charge on any atom is -0.465 e. The molecule has 0 fully saturated rings. The molecule has 2 N–H and O–H groups in total. The quantitative estimate of drug-likeness (QED) is 0.491. The van der Waals surface area contributed by atoms with Gasteiger partial charge in [-0.1, -0.05) is 62.3 Å². The van der Waals surface area contributed by atoms with Gasteiger partial charge in [0.25, 0.3) is 0 Å². The SMILES string of the molecule is CC(C)(C)C(O[Si](C)(C)C(C)(C)C)C(CNC(=O)O)O[Si](C)(C)C(C)(C)C. The van der Waals surface area contributed by atoms with Gasteiger partial charge in [-0.15, -0.1) is 0 Å². The second-order valence-corrected chi connectivity index (χ2v) is 21.3. The van der Waals surface area contributed by atoms with Gasteiger partial charge in [-0.3, -0.25) is 0 Å². The van der Waals surface area contributed by atoms with Crippen LogP contribution in [0.4, 0.5) is 4.79 Å². The Bertz CT molecular complexity index is 500. The van der Waals surface area contributed by atoms with Crippen LogP contribution in [0.1, 0.15) is 62.3 Å². The molecule has 0 spiro atoms. The molecule has 0 bridgehead atoms. The van der Waals surface area contributed by atoms with Crippen LogP contribution in [0.5, 0.6) is 0 Å². The number of nitrogens with one attached hydrogen (secondary N) is 1. The van der Waals surface area contributed by atoms with Crippen molar-refractivity contribution in [2.75, 3.05) is 6.54 Å². The van der Waals surface area contributed by atoms with Crippen molar-refractivity contribution >= 4 is 22.7 Å². The summed E-state index contributed by atoms with van der Waals surface area (Å²) in [6, 6.07) is 0. The van der Waals surface area contributed by atoms with Crippen LogP contribution < -0.4 is 5.32 Å². The van der Waals surface area contributed by atoms with Crippen molar-refractivity contribution in [2.45, 2.75) is 111 Å². The highest BCUT2D eigenvalue weighted by Gasteiger charge is 2.47. The summed E-state index contributed by atoms with van der Waals surface area (Å²) >= 11 is 0. The van der Waals surface area contributed by atoms with Crippen LogP contribution in [-0.2, 0) is 8.85 Å². The Hall–Kier alpha value is -0.376. The zero-order valence-corrected chi connectivity index (χ0v) is 22.0. The molecule has 1 amide bonds. The van der Waals surface area contributed by atoms with Crippen molar-refractivity contribution in [3.05, 3.63) is 0 Å². The van der Waals surface area contributed by atoms with E-state index in [0.717, 1.165) is 0 Å². The lowest BCUT2D eigenvalue weighted by Crippen LogP contribution is -2.58. The summed E-state index contributed by atoms with van der Waals surface area (Å²) in [6.07, 6.45) is -1.55. The summed E-state index contributed by atoms with van der Waals surface area (Å²) in [7, 11) is -4.16. The molecular formula is C20H45NO4Si2. The predicted molar refractivity (Wildman–Crippen MR) is 120 cm³/mol. The van der Waals surface area contributed by atoms with Crippen molar-refractivity contribution in [3.63, 3.8) is 0 Å². The Morgan fingerprint density at radius 1 is 0.852 bits per heavy atom. The summed E-state index contributed by atoms with van der Waals surface area (Å²) in [5.41, 5.74) is -0.178. The molecule has 27 heavy (non-hydrogen) atoms. The molecular weight excluding hydrogens is 374 g/mol. The Balaban J connectivity index is 5.97. The van der Waals surface area contributed by atoms with E-state index in [9.17, 15) is 9.90 Å². The van der Waals surface area contributed by atoms with Crippen molar-refractivity contribution in [3.8, 4) is 0 Å². The summed E-state index contributed by atoms with van der Waals surface area (Å²) in [5, 5.41) is 11.8. The molecule has 162 valence electrons. The van der Waals surface area contributed by atoms with Gasteiger partial charge in [-0.25, -0.2) is 4.79 Å². The standard InChI is InChI=1S/C20H45NO4Si2/c1-18(2,3)16(25-27(12,13)20(7,8)9)15(14-21-17(22)23)24-26(10,11)19(4,5)6/h15-16,21H,14H2,1-13H3,(H,22,23). The molecule has 0 aromatic heterocycles. The lowest BCUT2D eigenvalue weighted by molar-refractivity contribution is -0.0270. The molecule has 0 aliphatic carbocycles. The van der Waals surface area contributed by atoms with Crippen LogP contribution in [0.15, 0.2) is 0 Å². The van der Waals surface area contributed by atoms with E-state index >= 15 is 0 Å². The maximum absolute atomic E-state index is 11.2. The van der Waals surface area contributed by atoms with Crippen LogP contribution in [0.3, 0.4) is 0 Å². The van der Waals surface area contributed by atoms with E-state index in [1.807, 2.05) is 0 Å².